The molecule has 0 aliphatic rings. The summed E-state index contributed by atoms with van der Waals surface area (Å²) in [5, 5.41) is 0. The van der Waals surface area contributed by atoms with E-state index in [0.717, 1.165) is 16.8 Å². The Labute approximate surface area is 143 Å². The van der Waals surface area contributed by atoms with Gasteiger partial charge in [-0.3, -0.25) is 9.59 Å². The van der Waals surface area contributed by atoms with Gasteiger partial charge in [-0.25, -0.2) is 0 Å². The highest BCUT2D eigenvalue weighted by Gasteiger charge is 2.15. The van der Waals surface area contributed by atoms with Gasteiger partial charge in [0.1, 0.15) is 0 Å². The number of rotatable bonds is 6. The van der Waals surface area contributed by atoms with E-state index in [1.807, 2.05) is 61.5 Å². The Kier molecular flexibility index (Phi) is 6.13. The van der Waals surface area contributed by atoms with Crippen molar-refractivity contribution in [3.8, 4) is 0 Å². The van der Waals surface area contributed by atoms with Gasteiger partial charge >= 0.3 is 0 Å². The summed E-state index contributed by atoms with van der Waals surface area (Å²) in [5.41, 5.74) is 3.02. The zero-order valence-electron chi connectivity index (χ0n) is 14.5. The first kappa shape index (κ1) is 17.7. The van der Waals surface area contributed by atoms with E-state index in [4.69, 9.17) is 0 Å². The second-order valence-corrected chi connectivity index (χ2v) is 6.00. The van der Waals surface area contributed by atoms with Crippen LogP contribution in [-0.2, 0) is 16.1 Å². The molecule has 2 aromatic carbocycles. The summed E-state index contributed by atoms with van der Waals surface area (Å²) in [6.45, 7) is 4.47. The van der Waals surface area contributed by atoms with E-state index in [9.17, 15) is 9.59 Å². The number of hydrogen-bond donors (Lipinski definition) is 0. The van der Waals surface area contributed by atoms with E-state index in [2.05, 4.69) is 0 Å². The van der Waals surface area contributed by atoms with Crippen molar-refractivity contribution in [3.05, 3.63) is 65.7 Å². The van der Waals surface area contributed by atoms with Gasteiger partial charge in [0.2, 0.25) is 11.8 Å². The van der Waals surface area contributed by atoms with Crippen LogP contribution in [-0.4, -0.2) is 30.3 Å². The molecule has 0 heterocycles. The maximum absolute atomic E-state index is 12.4. The maximum atomic E-state index is 12.4. The van der Waals surface area contributed by atoms with Gasteiger partial charge in [-0.2, -0.15) is 0 Å². The van der Waals surface area contributed by atoms with Gasteiger partial charge in [0.25, 0.3) is 0 Å². The average molecular weight is 324 g/mol. The van der Waals surface area contributed by atoms with Gasteiger partial charge < -0.3 is 9.80 Å². The smallest absolute Gasteiger partial charge is 0.224 e. The first-order valence-electron chi connectivity index (χ1n) is 8.10. The standard InChI is InChI=1S/C20H24N2O2/c1-16-8-7-11-19(14-16)22(17(2)23)13-12-20(24)21(3)15-18-9-5-4-6-10-18/h4-11,14H,12-13,15H2,1-3H3. The summed E-state index contributed by atoms with van der Waals surface area (Å²) in [7, 11) is 1.79. The van der Waals surface area contributed by atoms with E-state index in [1.165, 1.54) is 6.92 Å². The molecule has 2 rings (SSSR count). The van der Waals surface area contributed by atoms with Gasteiger partial charge in [0.05, 0.1) is 0 Å². The van der Waals surface area contributed by atoms with Crippen LogP contribution in [0.15, 0.2) is 54.6 Å². The third kappa shape index (κ3) is 4.95. The zero-order valence-corrected chi connectivity index (χ0v) is 14.5. The van der Waals surface area contributed by atoms with Crippen LogP contribution in [0.25, 0.3) is 0 Å². The molecule has 0 aromatic heterocycles. The first-order valence-corrected chi connectivity index (χ1v) is 8.10. The Hall–Kier alpha value is -2.62. The summed E-state index contributed by atoms with van der Waals surface area (Å²) in [6.07, 6.45) is 0.302. The van der Waals surface area contributed by atoms with Crippen LogP contribution in [0.3, 0.4) is 0 Å². The molecule has 0 atom stereocenters. The van der Waals surface area contributed by atoms with Gasteiger partial charge in [-0.15, -0.1) is 0 Å². The number of benzene rings is 2. The molecule has 2 aromatic rings. The Morgan fingerprint density at radius 3 is 2.33 bits per heavy atom. The number of nitrogens with zero attached hydrogens (tertiary/aromatic N) is 2. The molecule has 0 saturated heterocycles. The maximum Gasteiger partial charge on any atom is 0.224 e. The highest BCUT2D eigenvalue weighted by molar-refractivity contribution is 5.92. The summed E-state index contributed by atoms with van der Waals surface area (Å²) < 4.78 is 0. The molecule has 0 aliphatic carbocycles. The monoisotopic (exact) mass is 324 g/mol. The molecular weight excluding hydrogens is 300 g/mol. The zero-order chi connectivity index (χ0) is 17.5. The molecule has 0 saturated carbocycles. The topological polar surface area (TPSA) is 40.6 Å². The van der Waals surface area contributed by atoms with Crippen LogP contribution in [0, 0.1) is 6.92 Å². The number of aryl methyl sites for hydroxylation is 1. The molecule has 2 amide bonds. The first-order chi connectivity index (χ1) is 11.5. The minimum atomic E-state index is -0.0564. The molecule has 0 bridgehead atoms. The molecule has 0 radical (unpaired) electrons. The van der Waals surface area contributed by atoms with E-state index in [1.54, 1.807) is 16.8 Å². The van der Waals surface area contributed by atoms with Crippen LogP contribution < -0.4 is 4.90 Å². The summed E-state index contributed by atoms with van der Waals surface area (Å²) in [5.74, 6) is -0.0307. The molecule has 0 fully saturated rings. The Morgan fingerprint density at radius 2 is 1.71 bits per heavy atom. The minimum absolute atomic E-state index is 0.0257. The molecule has 4 heteroatoms. The third-order valence-corrected chi connectivity index (χ3v) is 3.93. The summed E-state index contributed by atoms with van der Waals surface area (Å²) in [4.78, 5) is 27.6. The fourth-order valence-electron chi connectivity index (χ4n) is 2.61. The molecular formula is C20H24N2O2. The predicted octanol–water partition coefficient (Wildman–Crippen LogP) is 3.40. The van der Waals surface area contributed by atoms with Crippen molar-refractivity contribution in [2.45, 2.75) is 26.8 Å². The molecule has 0 aliphatic heterocycles. The van der Waals surface area contributed by atoms with Crippen molar-refractivity contribution in [2.24, 2.45) is 0 Å². The van der Waals surface area contributed by atoms with Gasteiger partial charge in [0, 0.05) is 39.2 Å². The fraction of sp³-hybridized carbons (Fsp3) is 0.300. The van der Waals surface area contributed by atoms with Crippen LogP contribution in [0.5, 0.6) is 0 Å². The second kappa shape index (κ2) is 8.29. The molecule has 4 nitrogen and oxygen atoms in total. The number of amides is 2. The van der Waals surface area contributed by atoms with E-state index < -0.39 is 0 Å². The van der Waals surface area contributed by atoms with Crippen molar-refractivity contribution in [1.29, 1.82) is 0 Å². The van der Waals surface area contributed by atoms with Gasteiger partial charge in [-0.05, 0) is 30.2 Å². The van der Waals surface area contributed by atoms with Gasteiger partial charge in [-0.1, -0.05) is 42.5 Å². The Bertz CT molecular complexity index is 698. The Morgan fingerprint density at radius 1 is 1.00 bits per heavy atom. The SMILES string of the molecule is CC(=O)N(CCC(=O)N(C)Cc1ccccc1)c1cccc(C)c1. The number of carbonyl (C=O) groups is 2. The lowest BCUT2D eigenvalue weighted by Crippen LogP contribution is -2.34. The third-order valence-electron chi connectivity index (χ3n) is 3.93. The molecule has 126 valence electrons. The van der Waals surface area contributed by atoms with Crippen LogP contribution in [0.1, 0.15) is 24.5 Å². The average Bonchev–Trinajstić information content (AvgIpc) is 2.55. The molecule has 0 unspecified atom stereocenters. The quantitative estimate of drug-likeness (QED) is 0.817. The molecule has 0 N–H and O–H groups in total. The van der Waals surface area contributed by atoms with E-state index in [0.29, 0.717) is 19.5 Å². The van der Waals surface area contributed by atoms with Crippen molar-refractivity contribution >= 4 is 17.5 Å². The number of hydrogen-bond acceptors (Lipinski definition) is 2. The van der Waals surface area contributed by atoms with Crippen LogP contribution in [0.2, 0.25) is 0 Å². The predicted molar refractivity (Wildman–Crippen MR) is 96.7 cm³/mol. The second-order valence-electron chi connectivity index (χ2n) is 6.00. The van der Waals surface area contributed by atoms with E-state index >= 15 is 0 Å². The minimum Gasteiger partial charge on any atom is -0.341 e. The fourth-order valence-corrected chi connectivity index (χ4v) is 2.61. The molecule has 24 heavy (non-hydrogen) atoms. The van der Waals surface area contributed by atoms with Crippen LogP contribution >= 0.6 is 0 Å². The van der Waals surface area contributed by atoms with Crippen molar-refractivity contribution in [1.82, 2.24) is 4.90 Å². The molecule has 0 spiro atoms. The van der Waals surface area contributed by atoms with Crippen molar-refractivity contribution in [3.63, 3.8) is 0 Å². The van der Waals surface area contributed by atoms with E-state index in [-0.39, 0.29) is 11.8 Å². The lowest BCUT2D eigenvalue weighted by atomic mass is 10.2. The van der Waals surface area contributed by atoms with Crippen molar-refractivity contribution in [2.75, 3.05) is 18.5 Å². The summed E-state index contributed by atoms with van der Waals surface area (Å²) >= 11 is 0. The number of anilines is 1. The normalized spacial score (nSPS) is 10.3. The van der Waals surface area contributed by atoms with Gasteiger partial charge in [0.15, 0.2) is 0 Å². The Balaban J connectivity index is 1.96. The summed E-state index contributed by atoms with van der Waals surface area (Å²) in [6, 6.07) is 17.6. The number of carbonyl (C=O) groups excluding carboxylic acids is 2. The highest BCUT2D eigenvalue weighted by Crippen LogP contribution is 2.17. The van der Waals surface area contributed by atoms with Crippen LogP contribution in [0.4, 0.5) is 5.69 Å². The lowest BCUT2D eigenvalue weighted by molar-refractivity contribution is -0.130. The van der Waals surface area contributed by atoms with Crippen molar-refractivity contribution < 1.29 is 9.59 Å². The lowest BCUT2D eigenvalue weighted by Gasteiger charge is -2.23. The highest BCUT2D eigenvalue weighted by atomic mass is 16.2. The largest absolute Gasteiger partial charge is 0.341 e.